The minimum absolute atomic E-state index is 0. The molecule has 0 bridgehead atoms. The molecule has 4 heteroatoms. The van der Waals surface area contributed by atoms with Gasteiger partial charge in [-0.05, 0) is 25.2 Å². The zero-order valence-corrected chi connectivity index (χ0v) is 27.2. The van der Waals surface area contributed by atoms with Gasteiger partial charge < -0.3 is 24.8 Å². The maximum Gasteiger partial charge on any atom is 4.00 e. The smallest absolute Gasteiger partial charge is 1.00 e. The van der Waals surface area contributed by atoms with Gasteiger partial charge in [0.1, 0.15) is 0 Å². The first-order valence-corrected chi connectivity index (χ1v) is 14.7. The van der Waals surface area contributed by atoms with Crippen LogP contribution in [0.3, 0.4) is 0 Å². The molecule has 0 fully saturated rings. The summed E-state index contributed by atoms with van der Waals surface area (Å²) < 4.78 is 0. The summed E-state index contributed by atoms with van der Waals surface area (Å²) in [6, 6.07) is 13.8. The van der Waals surface area contributed by atoms with Gasteiger partial charge in [0.25, 0.3) is 0 Å². The molecule has 3 rings (SSSR count). The normalized spacial score (nSPS) is 14.0. The number of halogens is 2. The summed E-state index contributed by atoms with van der Waals surface area (Å²) in [6.07, 6.45) is 17.5. The molecular formula is C31H47Cl2PTi. The maximum absolute atomic E-state index is 3.44. The third-order valence-electron chi connectivity index (χ3n) is 7.09. The van der Waals surface area contributed by atoms with E-state index in [1.165, 1.54) is 91.2 Å². The molecule has 0 radical (unpaired) electrons. The average molecular weight is 569 g/mol. The minimum Gasteiger partial charge on any atom is -1.00 e. The van der Waals surface area contributed by atoms with E-state index in [0.29, 0.717) is 0 Å². The number of hydrogen-bond donors (Lipinski definition) is 0. The van der Waals surface area contributed by atoms with Gasteiger partial charge in [-0.3, -0.25) is 6.08 Å². The molecule has 2 aromatic carbocycles. The molecule has 194 valence electrons. The molecule has 2 aromatic rings. The number of rotatable bonds is 11. The van der Waals surface area contributed by atoms with Crippen molar-refractivity contribution in [2.75, 3.05) is 12.3 Å². The van der Waals surface area contributed by atoms with Crippen molar-refractivity contribution in [3.8, 4) is 0 Å². The number of hydrogen-bond acceptors (Lipinski definition) is 0. The molecule has 0 aliphatic heterocycles. The van der Waals surface area contributed by atoms with Crippen molar-refractivity contribution in [3.05, 3.63) is 59.2 Å². The molecule has 0 unspecified atom stereocenters. The Balaban J connectivity index is 0. The van der Waals surface area contributed by atoms with E-state index >= 15 is 0 Å². The van der Waals surface area contributed by atoms with Gasteiger partial charge in [-0.15, -0.1) is 47.3 Å². The summed E-state index contributed by atoms with van der Waals surface area (Å²) in [7, 11) is 0.0642. The fraction of sp³-hybridized carbons (Fsp3) is 0.581. The number of unbranched alkanes of at least 4 members (excludes halogenated alkanes) is 6. The Hall–Kier alpha value is 0.0343. The monoisotopic (exact) mass is 568 g/mol. The van der Waals surface area contributed by atoms with Gasteiger partial charge in [0.05, 0.1) is 0 Å². The van der Waals surface area contributed by atoms with Crippen molar-refractivity contribution in [2.24, 2.45) is 5.41 Å². The number of benzene rings is 1. The van der Waals surface area contributed by atoms with Crippen LogP contribution in [0.5, 0.6) is 0 Å². The van der Waals surface area contributed by atoms with Crippen molar-refractivity contribution in [3.63, 3.8) is 0 Å². The molecule has 0 nitrogen and oxygen atoms in total. The van der Waals surface area contributed by atoms with Crippen LogP contribution in [0.1, 0.15) is 99.8 Å². The second kappa shape index (κ2) is 19.2. The van der Waals surface area contributed by atoms with Gasteiger partial charge >= 0.3 is 21.7 Å². The first-order chi connectivity index (χ1) is 15.3. The van der Waals surface area contributed by atoms with Crippen LogP contribution >= 0.6 is 7.92 Å². The van der Waals surface area contributed by atoms with Crippen molar-refractivity contribution < 1.29 is 46.5 Å². The maximum atomic E-state index is 3.44. The molecule has 0 atom stereocenters. The third-order valence-corrected chi connectivity index (χ3v) is 9.79. The van der Waals surface area contributed by atoms with Crippen LogP contribution in [0.2, 0.25) is 0 Å². The standard InChI is InChI=1S/C21H32P.C10H15.2ClH.Ti/c1-3-5-7-11-15-22(16-12-8-6-4-2)21-17-19-13-9-10-14-20(19)18-21;1-7-6-10(4,5)9(3)8(7)2;;;/h9-10,13-14,17-18H,3-8,11-12,15-16H2,1-2H3;1-5H3;2*1H;/q2*-1;;;+4/p-2. The Labute approximate surface area is 246 Å². The van der Waals surface area contributed by atoms with Crippen LogP contribution in [-0.2, 0) is 21.7 Å². The molecule has 1 aliphatic rings. The van der Waals surface area contributed by atoms with E-state index in [4.69, 9.17) is 0 Å². The van der Waals surface area contributed by atoms with Crippen LogP contribution in [-0.4, -0.2) is 12.3 Å². The van der Waals surface area contributed by atoms with E-state index in [9.17, 15) is 0 Å². The molecule has 0 spiro atoms. The predicted octanol–water partition coefficient (Wildman–Crippen LogP) is 3.94. The summed E-state index contributed by atoms with van der Waals surface area (Å²) in [6.45, 7) is 15.5. The van der Waals surface area contributed by atoms with Crippen LogP contribution in [0.4, 0.5) is 0 Å². The van der Waals surface area contributed by atoms with E-state index in [1.807, 2.05) is 0 Å². The van der Waals surface area contributed by atoms with E-state index < -0.39 is 0 Å². The zero-order valence-electron chi connectivity index (χ0n) is 23.2. The Morgan fingerprint density at radius 1 is 0.829 bits per heavy atom. The fourth-order valence-electron chi connectivity index (χ4n) is 4.55. The molecule has 0 N–H and O–H groups in total. The summed E-state index contributed by atoms with van der Waals surface area (Å²) in [4.78, 5) is 0. The summed E-state index contributed by atoms with van der Waals surface area (Å²) in [5.41, 5.74) is 4.39. The summed E-state index contributed by atoms with van der Waals surface area (Å²) >= 11 is 0. The van der Waals surface area contributed by atoms with Crippen molar-refractivity contribution in [2.45, 2.75) is 99.8 Å². The van der Waals surface area contributed by atoms with Gasteiger partial charge in [-0.25, -0.2) is 5.57 Å². The second-order valence-electron chi connectivity index (χ2n) is 10.1. The Kier molecular flexibility index (Phi) is 20.4. The van der Waals surface area contributed by atoms with Gasteiger partial charge in [0, 0.05) is 0 Å². The first kappa shape index (κ1) is 37.2. The molecular weight excluding hydrogens is 522 g/mol. The topological polar surface area (TPSA) is 0 Å². The van der Waals surface area contributed by atoms with E-state index in [2.05, 4.69) is 90.9 Å². The van der Waals surface area contributed by atoms with Crippen molar-refractivity contribution >= 4 is 24.0 Å². The molecule has 35 heavy (non-hydrogen) atoms. The molecule has 0 amide bonds. The summed E-state index contributed by atoms with van der Waals surface area (Å²) in [5, 5.41) is 4.53. The van der Waals surface area contributed by atoms with Gasteiger partial charge in [-0.1, -0.05) is 99.5 Å². The average Bonchev–Trinajstić information content (AvgIpc) is 3.27. The van der Waals surface area contributed by atoms with Crippen molar-refractivity contribution in [1.82, 2.24) is 0 Å². The number of fused-ring (bicyclic) bond motifs is 1. The molecule has 1 aliphatic carbocycles. The minimum atomic E-state index is 0. The summed E-state index contributed by atoms with van der Waals surface area (Å²) in [5.74, 6) is 0. The van der Waals surface area contributed by atoms with Crippen LogP contribution in [0, 0.1) is 11.5 Å². The van der Waals surface area contributed by atoms with Gasteiger partial charge in [-0.2, -0.15) is 17.2 Å². The molecule has 0 saturated carbocycles. The van der Waals surface area contributed by atoms with Crippen molar-refractivity contribution in [1.29, 1.82) is 0 Å². The Morgan fingerprint density at radius 2 is 1.37 bits per heavy atom. The Morgan fingerprint density at radius 3 is 1.77 bits per heavy atom. The van der Waals surface area contributed by atoms with Gasteiger partial charge in [0.2, 0.25) is 0 Å². The quantitative estimate of drug-likeness (QED) is 0.167. The Bertz CT molecular complexity index is 849. The molecule has 0 saturated heterocycles. The van der Waals surface area contributed by atoms with Crippen LogP contribution in [0.15, 0.2) is 53.1 Å². The van der Waals surface area contributed by atoms with E-state index in [0.717, 1.165) is 0 Å². The predicted molar refractivity (Wildman–Crippen MR) is 149 cm³/mol. The molecule has 0 heterocycles. The fourth-order valence-corrected chi connectivity index (χ4v) is 7.15. The number of allylic oxidation sites excluding steroid dienone is 4. The zero-order chi connectivity index (χ0) is 23.6. The largest absolute Gasteiger partial charge is 4.00 e. The second-order valence-corrected chi connectivity index (χ2v) is 12.6. The van der Waals surface area contributed by atoms with E-state index in [-0.39, 0.29) is 59.9 Å². The molecule has 0 aromatic heterocycles. The third kappa shape index (κ3) is 12.0. The van der Waals surface area contributed by atoms with Gasteiger partial charge in [0.15, 0.2) is 0 Å². The van der Waals surface area contributed by atoms with E-state index in [1.54, 1.807) is 5.30 Å². The SMILES string of the molecule is CC1=[C-]C(C)(C)C(C)=C1C.CCCCCCP(CCCCCC)c1cc2ccccc2[cH-]1.[Cl-].[Cl-].[Ti+4]. The van der Waals surface area contributed by atoms with Crippen LogP contribution < -0.4 is 30.1 Å². The first-order valence-electron chi connectivity index (χ1n) is 13.0. The van der Waals surface area contributed by atoms with Crippen LogP contribution in [0.25, 0.3) is 10.8 Å².